The van der Waals surface area contributed by atoms with Crippen LogP contribution in [-0.4, -0.2) is 41.6 Å². The van der Waals surface area contributed by atoms with Crippen LogP contribution in [-0.2, 0) is 6.42 Å². The number of para-hydroxylation sites is 1. The Morgan fingerprint density at radius 1 is 1.10 bits per heavy atom. The summed E-state index contributed by atoms with van der Waals surface area (Å²) in [6.45, 7) is 6.79. The second kappa shape index (κ2) is 7.17. The van der Waals surface area contributed by atoms with Gasteiger partial charge in [-0.05, 0) is 49.6 Å². The van der Waals surface area contributed by atoms with Gasteiger partial charge in [0.1, 0.15) is 5.56 Å². The maximum Gasteiger partial charge on any atom is 0.259 e. The van der Waals surface area contributed by atoms with E-state index in [1.165, 1.54) is 11.1 Å². The van der Waals surface area contributed by atoms with Crippen molar-refractivity contribution in [3.63, 3.8) is 0 Å². The lowest BCUT2D eigenvalue weighted by atomic mass is 10.1. The fourth-order valence-electron chi connectivity index (χ4n) is 4.81. The Morgan fingerprint density at radius 2 is 1.87 bits per heavy atom. The minimum atomic E-state index is -0.169. The summed E-state index contributed by atoms with van der Waals surface area (Å²) in [6.07, 6.45) is 2.67. The summed E-state index contributed by atoms with van der Waals surface area (Å²) in [5.41, 5.74) is 4.56. The van der Waals surface area contributed by atoms with Crippen molar-refractivity contribution >= 4 is 34.1 Å². The van der Waals surface area contributed by atoms with Crippen molar-refractivity contribution in [1.29, 1.82) is 0 Å². The van der Waals surface area contributed by atoms with Crippen LogP contribution in [0.15, 0.2) is 47.4 Å². The average Bonchev–Trinajstić information content (AvgIpc) is 3.08. The second-order valence-corrected chi connectivity index (χ2v) is 8.79. The molecule has 0 saturated carbocycles. The number of carbonyl (C=O) groups excluding carboxylic acids is 1. The zero-order chi connectivity index (χ0) is 21.0. The van der Waals surface area contributed by atoms with Crippen molar-refractivity contribution < 1.29 is 4.79 Å². The number of aryl methyl sites for hydroxylation is 1. The molecule has 2 aliphatic rings. The summed E-state index contributed by atoms with van der Waals surface area (Å²) in [7, 11) is 0. The molecule has 0 spiro atoms. The number of piperazine rings is 1. The molecular formula is C24H24ClN3O2. The number of nitrogens with zero attached hydrogens (tertiary/aromatic N) is 3. The van der Waals surface area contributed by atoms with Crippen LogP contribution in [0, 0.1) is 6.92 Å². The highest BCUT2D eigenvalue weighted by Gasteiger charge is 2.28. The Labute approximate surface area is 180 Å². The molecule has 3 aromatic rings. The first-order valence-corrected chi connectivity index (χ1v) is 10.8. The molecule has 1 atom stereocenters. The highest BCUT2D eigenvalue weighted by molar-refractivity contribution is 6.30. The minimum absolute atomic E-state index is 0.157. The van der Waals surface area contributed by atoms with Gasteiger partial charge < -0.3 is 14.4 Å². The first-order valence-electron chi connectivity index (χ1n) is 10.4. The van der Waals surface area contributed by atoms with Gasteiger partial charge in [-0.25, -0.2) is 0 Å². The van der Waals surface area contributed by atoms with Gasteiger partial charge >= 0.3 is 0 Å². The fraction of sp³-hybridized carbons (Fsp3) is 0.333. The monoisotopic (exact) mass is 421 g/mol. The van der Waals surface area contributed by atoms with Crippen molar-refractivity contribution in [2.75, 3.05) is 31.1 Å². The molecule has 0 N–H and O–H groups in total. The molecule has 0 aliphatic carbocycles. The van der Waals surface area contributed by atoms with Crippen LogP contribution in [0.4, 0.5) is 5.69 Å². The van der Waals surface area contributed by atoms with Crippen molar-refractivity contribution in [3.05, 3.63) is 74.5 Å². The molecular weight excluding hydrogens is 398 g/mol. The van der Waals surface area contributed by atoms with Crippen LogP contribution in [0.3, 0.4) is 0 Å². The first kappa shape index (κ1) is 19.2. The Morgan fingerprint density at radius 3 is 2.63 bits per heavy atom. The van der Waals surface area contributed by atoms with E-state index >= 15 is 0 Å². The quantitative estimate of drug-likeness (QED) is 0.627. The number of benzene rings is 2. The fourth-order valence-corrected chi connectivity index (χ4v) is 4.98. The smallest absolute Gasteiger partial charge is 0.259 e. The molecule has 2 aliphatic heterocycles. The van der Waals surface area contributed by atoms with Gasteiger partial charge in [0.25, 0.3) is 5.91 Å². The predicted octanol–water partition coefficient (Wildman–Crippen LogP) is 4.04. The third-order valence-corrected chi connectivity index (χ3v) is 6.67. The molecule has 1 unspecified atom stereocenters. The Kier molecular flexibility index (Phi) is 4.58. The molecule has 5 rings (SSSR count). The number of rotatable bonds is 2. The predicted molar refractivity (Wildman–Crippen MR) is 121 cm³/mol. The molecule has 3 heterocycles. The number of halogens is 1. The van der Waals surface area contributed by atoms with Crippen LogP contribution in [0.5, 0.6) is 0 Å². The second-order valence-electron chi connectivity index (χ2n) is 8.36. The molecule has 1 aromatic heterocycles. The Balaban J connectivity index is 1.42. The molecule has 30 heavy (non-hydrogen) atoms. The van der Waals surface area contributed by atoms with Gasteiger partial charge in [-0.1, -0.05) is 29.8 Å². The van der Waals surface area contributed by atoms with Gasteiger partial charge in [-0.2, -0.15) is 0 Å². The van der Waals surface area contributed by atoms with Gasteiger partial charge in [0.15, 0.2) is 0 Å². The van der Waals surface area contributed by atoms with Gasteiger partial charge in [0, 0.05) is 54.5 Å². The van der Waals surface area contributed by atoms with E-state index in [9.17, 15) is 9.59 Å². The number of amides is 1. The topological polar surface area (TPSA) is 45.5 Å². The lowest BCUT2D eigenvalue weighted by Crippen LogP contribution is -2.49. The van der Waals surface area contributed by atoms with E-state index < -0.39 is 0 Å². The van der Waals surface area contributed by atoms with Crippen molar-refractivity contribution in [2.24, 2.45) is 0 Å². The zero-order valence-electron chi connectivity index (χ0n) is 17.2. The number of carbonyl (C=O) groups is 1. The van der Waals surface area contributed by atoms with Crippen LogP contribution in [0.25, 0.3) is 10.9 Å². The van der Waals surface area contributed by atoms with E-state index in [-0.39, 0.29) is 22.9 Å². The van der Waals surface area contributed by atoms with Crippen LogP contribution in [0.2, 0.25) is 5.02 Å². The Hall–Kier alpha value is -2.79. The van der Waals surface area contributed by atoms with Gasteiger partial charge in [0.05, 0.1) is 5.52 Å². The lowest BCUT2D eigenvalue weighted by molar-refractivity contribution is 0.0745. The molecule has 2 aromatic carbocycles. The molecule has 6 heteroatoms. The summed E-state index contributed by atoms with van der Waals surface area (Å²) >= 11 is 6.18. The number of pyridine rings is 1. The van der Waals surface area contributed by atoms with Crippen LogP contribution in [0.1, 0.15) is 34.5 Å². The SMILES string of the molecule is Cc1ccc(Cl)cc1N1CCN(C(=O)c2cn3c4c(cccc4c2=O)CC3C)CC1. The maximum atomic E-state index is 13.3. The average molecular weight is 422 g/mol. The van der Waals surface area contributed by atoms with Crippen molar-refractivity contribution in [2.45, 2.75) is 26.3 Å². The van der Waals surface area contributed by atoms with Crippen LogP contribution >= 0.6 is 11.6 Å². The van der Waals surface area contributed by atoms with E-state index in [0.717, 1.165) is 30.7 Å². The van der Waals surface area contributed by atoms with E-state index in [2.05, 4.69) is 29.4 Å². The maximum absolute atomic E-state index is 13.3. The number of hydrogen-bond acceptors (Lipinski definition) is 3. The number of anilines is 1. The normalized spacial score (nSPS) is 18.3. The summed E-state index contributed by atoms with van der Waals surface area (Å²) < 4.78 is 2.10. The van der Waals surface area contributed by atoms with Crippen molar-refractivity contribution in [3.8, 4) is 0 Å². The molecule has 1 amide bonds. The summed E-state index contributed by atoms with van der Waals surface area (Å²) in [5, 5.41) is 1.36. The standard InChI is InChI=1S/C24H24ClN3O2/c1-15-6-7-18(25)13-21(15)26-8-10-27(11-9-26)24(30)20-14-28-16(2)12-17-4-3-5-19(22(17)28)23(20)29/h3-7,13-14,16H,8-12H2,1-2H3. The van der Waals surface area contributed by atoms with E-state index in [4.69, 9.17) is 11.6 Å². The summed E-state index contributed by atoms with van der Waals surface area (Å²) in [6, 6.07) is 12.0. The number of aromatic nitrogens is 1. The van der Waals surface area contributed by atoms with Gasteiger partial charge in [-0.15, -0.1) is 0 Å². The molecule has 5 nitrogen and oxygen atoms in total. The highest BCUT2D eigenvalue weighted by Crippen LogP contribution is 2.31. The number of hydrogen-bond donors (Lipinski definition) is 0. The van der Waals surface area contributed by atoms with E-state index in [1.807, 2.05) is 30.3 Å². The summed E-state index contributed by atoms with van der Waals surface area (Å²) in [5.74, 6) is -0.169. The van der Waals surface area contributed by atoms with Crippen LogP contribution < -0.4 is 10.3 Å². The van der Waals surface area contributed by atoms with Gasteiger partial charge in [-0.3, -0.25) is 9.59 Å². The highest BCUT2D eigenvalue weighted by atomic mass is 35.5. The molecule has 0 bridgehead atoms. The Bertz CT molecular complexity index is 1230. The lowest BCUT2D eigenvalue weighted by Gasteiger charge is -2.37. The summed E-state index contributed by atoms with van der Waals surface area (Å²) in [4.78, 5) is 30.5. The zero-order valence-corrected chi connectivity index (χ0v) is 17.9. The molecule has 1 saturated heterocycles. The van der Waals surface area contributed by atoms with E-state index in [0.29, 0.717) is 23.5 Å². The molecule has 0 radical (unpaired) electrons. The van der Waals surface area contributed by atoms with Crippen molar-refractivity contribution in [1.82, 2.24) is 9.47 Å². The molecule has 154 valence electrons. The van der Waals surface area contributed by atoms with E-state index in [1.54, 1.807) is 11.1 Å². The third-order valence-electron chi connectivity index (χ3n) is 6.43. The minimum Gasteiger partial charge on any atom is -0.368 e. The largest absolute Gasteiger partial charge is 0.368 e. The molecule has 1 fully saturated rings. The van der Waals surface area contributed by atoms with Gasteiger partial charge in [0.2, 0.25) is 5.43 Å². The first-order chi connectivity index (χ1) is 14.4. The third kappa shape index (κ3) is 3.00.